The molecule has 2 aliphatic rings. The van der Waals surface area contributed by atoms with Crippen LogP contribution in [-0.2, 0) is 10.2 Å². The lowest BCUT2D eigenvalue weighted by molar-refractivity contribution is 0.311. The average molecular weight is 288 g/mol. The van der Waals surface area contributed by atoms with Crippen LogP contribution in [0.3, 0.4) is 0 Å². The van der Waals surface area contributed by atoms with Crippen LogP contribution in [-0.4, -0.2) is 43.7 Å². The van der Waals surface area contributed by atoms with Crippen LogP contribution in [0.4, 0.5) is 0 Å². The summed E-state index contributed by atoms with van der Waals surface area (Å²) in [7, 11) is -1.46. The van der Waals surface area contributed by atoms with Crippen LogP contribution >= 0.6 is 0 Å². The maximum atomic E-state index is 12.4. The Morgan fingerprint density at radius 1 is 1.05 bits per heavy atom. The molecule has 112 valence electrons. The first-order valence-corrected chi connectivity index (χ1v) is 9.22. The van der Waals surface area contributed by atoms with Gasteiger partial charge < -0.3 is 0 Å². The van der Waals surface area contributed by atoms with E-state index in [1.165, 1.54) is 32.1 Å². The van der Waals surface area contributed by atoms with Gasteiger partial charge in [0.05, 0.1) is 0 Å². The van der Waals surface area contributed by atoms with Gasteiger partial charge >= 0.3 is 0 Å². The fourth-order valence-corrected chi connectivity index (χ4v) is 4.78. The summed E-state index contributed by atoms with van der Waals surface area (Å²) in [4.78, 5) is 0. The molecule has 19 heavy (non-hydrogen) atoms. The molecule has 4 nitrogen and oxygen atoms in total. The highest BCUT2D eigenvalue weighted by Gasteiger charge is 2.27. The molecule has 1 aliphatic heterocycles. The summed E-state index contributed by atoms with van der Waals surface area (Å²) in [6.07, 6.45) is 10.8. The average Bonchev–Trinajstić information content (AvgIpc) is 2.93. The van der Waals surface area contributed by atoms with Gasteiger partial charge in [0.2, 0.25) is 0 Å². The van der Waals surface area contributed by atoms with Gasteiger partial charge in [-0.15, -0.1) is 0 Å². The first kappa shape index (κ1) is 15.3. The highest BCUT2D eigenvalue weighted by Crippen LogP contribution is 2.28. The summed E-state index contributed by atoms with van der Waals surface area (Å²) < 4.78 is 28.0. The SMILES string of the molecule is CN(CCCC1CCCC1)S(=O)(=O)N1CCCCC1. The van der Waals surface area contributed by atoms with Gasteiger partial charge in [-0.25, -0.2) is 0 Å². The molecule has 0 amide bonds. The predicted octanol–water partition coefficient (Wildman–Crippen LogP) is 2.62. The standard InChI is InChI=1S/C14H28N2O2S/c1-15(11-7-10-14-8-3-4-9-14)19(17,18)16-12-5-2-6-13-16/h14H,2-13H2,1H3. The molecule has 1 aliphatic carbocycles. The van der Waals surface area contributed by atoms with Crippen LogP contribution in [0.1, 0.15) is 57.8 Å². The molecule has 2 rings (SSSR count). The molecule has 1 saturated heterocycles. The van der Waals surface area contributed by atoms with Crippen LogP contribution in [0, 0.1) is 5.92 Å². The van der Waals surface area contributed by atoms with E-state index in [9.17, 15) is 8.42 Å². The zero-order chi connectivity index (χ0) is 13.7. The van der Waals surface area contributed by atoms with Gasteiger partial charge in [-0.1, -0.05) is 32.1 Å². The lowest BCUT2D eigenvalue weighted by atomic mass is 10.0. The zero-order valence-electron chi connectivity index (χ0n) is 12.2. The van der Waals surface area contributed by atoms with Crippen molar-refractivity contribution in [3.63, 3.8) is 0 Å². The summed E-state index contributed by atoms with van der Waals surface area (Å²) in [5.74, 6) is 0.853. The van der Waals surface area contributed by atoms with Crippen molar-refractivity contribution in [1.82, 2.24) is 8.61 Å². The molecular formula is C14H28N2O2S. The highest BCUT2D eigenvalue weighted by atomic mass is 32.2. The molecule has 1 saturated carbocycles. The fourth-order valence-electron chi connectivity index (χ4n) is 3.31. The van der Waals surface area contributed by atoms with Crippen molar-refractivity contribution in [2.45, 2.75) is 57.8 Å². The topological polar surface area (TPSA) is 40.6 Å². The van der Waals surface area contributed by atoms with Crippen LogP contribution in [0.25, 0.3) is 0 Å². The van der Waals surface area contributed by atoms with E-state index in [4.69, 9.17) is 0 Å². The van der Waals surface area contributed by atoms with Gasteiger partial charge in [-0.2, -0.15) is 17.0 Å². The van der Waals surface area contributed by atoms with E-state index in [1.807, 2.05) is 0 Å². The fraction of sp³-hybridized carbons (Fsp3) is 1.00. The number of hydrogen-bond acceptors (Lipinski definition) is 2. The Morgan fingerprint density at radius 2 is 1.68 bits per heavy atom. The lowest BCUT2D eigenvalue weighted by Gasteiger charge is -2.30. The second kappa shape index (κ2) is 7.04. The molecule has 0 N–H and O–H groups in total. The van der Waals surface area contributed by atoms with Gasteiger partial charge in [-0.05, 0) is 31.6 Å². The molecule has 0 radical (unpaired) electrons. The quantitative estimate of drug-likeness (QED) is 0.754. The van der Waals surface area contributed by atoms with Crippen LogP contribution < -0.4 is 0 Å². The van der Waals surface area contributed by atoms with E-state index in [2.05, 4.69) is 0 Å². The molecule has 0 spiro atoms. The normalized spacial score (nSPS) is 23.3. The van der Waals surface area contributed by atoms with Crippen molar-refractivity contribution >= 4 is 10.2 Å². The van der Waals surface area contributed by atoms with Crippen LogP contribution in [0.2, 0.25) is 0 Å². The largest absolute Gasteiger partial charge is 0.281 e. The Balaban J connectivity index is 1.75. The number of nitrogens with zero attached hydrogens (tertiary/aromatic N) is 2. The van der Waals surface area contributed by atoms with Gasteiger partial charge in [0.15, 0.2) is 0 Å². The van der Waals surface area contributed by atoms with Crippen molar-refractivity contribution in [3.8, 4) is 0 Å². The monoisotopic (exact) mass is 288 g/mol. The second-order valence-electron chi connectivity index (χ2n) is 6.08. The second-order valence-corrected chi connectivity index (χ2v) is 8.12. The molecule has 5 heteroatoms. The van der Waals surface area contributed by atoms with Gasteiger partial charge in [-0.3, -0.25) is 0 Å². The summed E-state index contributed by atoms with van der Waals surface area (Å²) in [5.41, 5.74) is 0. The first-order valence-electron chi connectivity index (χ1n) is 7.82. The maximum absolute atomic E-state index is 12.4. The van der Waals surface area contributed by atoms with E-state index in [0.29, 0.717) is 19.6 Å². The van der Waals surface area contributed by atoms with Crippen molar-refractivity contribution in [2.75, 3.05) is 26.7 Å². The maximum Gasteiger partial charge on any atom is 0.281 e. The first-order chi connectivity index (χ1) is 9.10. The van der Waals surface area contributed by atoms with Crippen molar-refractivity contribution in [3.05, 3.63) is 0 Å². The van der Waals surface area contributed by atoms with E-state index in [-0.39, 0.29) is 0 Å². The van der Waals surface area contributed by atoms with E-state index >= 15 is 0 Å². The third-order valence-electron chi connectivity index (χ3n) is 4.60. The number of hydrogen-bond donors (Lipinski definition) is 0. The van der Waals surface area contributed by atoms with E-state index in [0.717, 1.165) is 31.6 Å². The van der Waals surface area contributed by atoms with Crippen molar-refractivity contribution < 1.29 is 8.42 Å². The molecule has 0 bridgehead atoms. The summed E-state index contributed by atoms with van der Waals surface area (Å²) in [6.45, 7) is 2.08. The molecule has 0 aromatic heterocycles. The Kier molecular flexibility index (Phi) is 5.66. The van der Waals surface area contributed by atoms with Gasteiger partial charge in [0.25, 0.3) is 10.2 Å². The van der Waals surface area contributed by atoms with Gasteiger partial charge in [0, 0.05) is 26.7 Å². The van der Waals surface area contributed by atoms with Gasteiger partial charge in [0.1, 0.15) is 0 Å². The van der Waals surface area contributed by atoms with Crippen LogP contribution in [0.5, 0.6) is 0 Å². The third-order valence-corrected chi connectivity index (χ3v) is 6.58. The Labute approximate surface area is 118 Å². The molecule has 2 fully saturated rings. The molecule has 0 atom stereocenters. The Hall–Kier alpha value is -0.130. The molecule has 0 aromatic rings. The minimum absolute atomic E-state index is 0.676. The minimum Gasteiger partial charge on any atom is -0.195 e. The van der Waals surface area contributed by atoms with E-state index < -0.39 is 10.2 Å². The smallest absolute Gasteiger partial charge is 0.195 e. The predicted molar refractivity (Wildman–Crippen MR) is 78.2 cm³/mol. The highest BCUT2D eigenvalue weighted by molar-refractivity contribution is 7.86. The zero-order valence-corrected chi connectivity index (χ0v) is 13.0. The number of piperidine rings is 1. The molecule has 0 aromatic carbocycles. The van der Waals surface area contributed by atoms with E-state index in [1.54, 1.807) is 15.7 Å². The van der Waals surface area contributed by atoms with Crippen LogP contribution in [0.15, 0.2) is 0 Å². The molecule has 1 heterocycles. The van der Waals surface area contributed by atoms with Crippen molar-refractivity contribution in [2.24, 2.45) is 5.92 Å². The third kappa shape index (κ3) is 4.17. The summed E-state index contributed by atoms with van der Waals surface area (Å²) in [6, 6.07) is 0. The summed E-state index contributed by atoms with van der Waals surface area (Å²) >= 11 is 0. The summed E-state index contributed by atoms with van der Waals surface area (Å²) in [5, 5.41) is 0. The Morgan fingerprint density at radius 3 is 2.32 bits per heavy atom. The number of rotatable bonds is 6. The lowest BCUT2D eigenvalue weighted by Crippen LogP contribution is -2.44. The molecule has 0 unspecified atom stereocenters. The molecular weight excluding hydrogens is 260 g/mol. The van der Waals surface area contributed by atoms with Crippen molar-refractivity contribution in [1.29, 1.82) is 0 Å². The Bertz CT molecular complexity index is 358. The minimum atomic E-state index is -3.19.